The lowest BCUT2D eigenvalue weighted by atomic mass is 10.2. The fourth-order valence-corrected chi connectivity index (χ4v) is 1.39. The molecule has 16 heavy (non-hydrogen) atoms. The van der Waals surface area contributed by atoms with E-state index in [0.29, 0.717) is 12.2 Å². The van der Waals surface area contributed by atoms with Gasteiger partial charge in [-0.15, -0.1) is 12.3 Å². The molecule has 1 atom stereocenters. The Hall–Kier alpha value is -1.76. The molecule has 0 bridgehead atoms. The van der Waals surface area contributed by atoms with Crippen molar-refractivity contribution in [3.63, 3.8) is 0 Å². The van der Waals surface area contributed by atoms with Gasteiger partial charge in [-0.3, -0.25) is 4.79 Å². The van der Waals surface area contributed by atoms with Crippen LogP contribution in [0, 0.1) is 12.3 Å². The molecule has 0 aliphatic heterocycles. The first-order valence-electron chi connectivity index (χ1n) is 5.33. The summed E-state index contributed by atoms with van der Waals surface area (Å²) in [6, 6.07) is 0.173. The van der Waals surface area contributed by atoms with Crippen molar-refractivity contribution in [2.75, 3.05) is 5.32 Å². The highest BCUT2D eigenvalue weighted by atomic mass is 16.1. The molecular formula is C12H17N3O. The standard InChI is InChI=1S/C12H17N3O/c1-5-6-10(4)14-11-12(16)15(9(2)3)8-7-13-11/h1,7-10H,6H2,2-4H3,(H,13,14). The van der Waals surface area contributed by atoms with Gasteiger partial charge in [-0.25, -0.2) is 4.98 Å². The van der Waals surface area contributed by atoms with Crippen molar-refractivity contribution in [3.05, 3.63) is 22.7 Å². The van der Waals surface area contributed by atoms with Crippen LogP contribution >= 0.6 is 0 Å². The molecule has 4 nitrogen and oxygen atoms in total. The second kappa shape index (κ2) is 5.36. The first-order valence-corrected chi connectivity index (χ1v) is 5.33. The summed E-state index contributed by atoms with van der Waals surface area (Å²) < 4.78 is 1.64. The fraction of sp³-hybridized carbons (Fsp3) is 0.500. The molecule has 1 heterocycles. The summed E-state index contributed by atoms with van der Waals surface area (Å²) in [6.07, 6.45) is 9.07. The monoisotopic (exact) mass is 219 g/mol. The third-order valence-corrected chi connectivity index (χ3v) is 2.23. The van der Waals surface area contributed by atoms with Gasteiger partial charge in [0, 0.05) is 30.9 Å². The van der Waals surface area contributed by atoms with Gasteiger partial charge in [0.1, 0.15) is 0 Å². The highest BCUT2D eigenvalue weighted by molar-refractivity contribution is 5.32. The Morgan fingerprint density at radius 3 is 2.81 bits per heavy atom. The van der Waals surface area contributed by atoms with Crippen LogP contribution < -0.4 is 10.9 Å². The first-order chi connectivity index (χ1) is 7.56. The van der Waals surface area contributed by atoms with Gasteiger partial charge >= 0.3 is 0 Å². The Labute approximate surface area is 95.7 Å². The van der Waals surface area contributed by atoms with Gasteiger partial charge in [0.05, 0.1) is 0 Å². The van der Waals surface area contributed by atoms with Crippen molar-refractivity contribution >= 4 is 5.82 Å². The van der Waals surface area contributed by atoms with Crippen molar-refractivity contribution in [1.29, 1.82) is 0 Å². The van der Waals surface area contributed by atoms with E-state index in [1.165, 1.54) is 0 Å². The predicted octanol–water partition coefficient (Wildman–Crippen LogP) is 1.65. The van der Waals surface area contributed by atoms with Crippen LogP contribution in [0.25, 0.3) is 0 Å². The third kappa shape index (κ3) is 2.86. The smallest absolute Gasteiger partial charge is 0.293 e. The van der Waals surface area contributed by atoms with Crippen LogP contribution in [0.3, 0.4) is 0 Å². The van der Waals surface area contributed by atoms with Crippen molar-refractivity contribution in [2.45, 2.75) is 39.3 Å². The molecule has 4 heteroatoms. The van der Waals surface area contributed by atoms with Gasteiger partial charge in [-0.1, -0.05) is 0 Å². The summed E-state index contributed by atoms with van der Waals surface area (Å²) in [5.41, 5.74) is -0.110. The number of nitrogens with zero attached hydrogens (tertiary/aromatic N) is 2. The molecule has 0 amide bonds. The molecule has 1 N–H and O–H groups in total. The fourth-order valence-electron chi connectivity index (χ4n) is 1.39. The molecule has 1 aromatic rings. The van der Waals surface area contributed by atoms with Gasteiger partial charge in [0.2, 0.25) is 0 Å². The van der Waals surface area contributed by atoms with Crippen LogP contribution in [0.2, 0.25) is 0 Å². The number of hydrogen-bond acceptors (Lipinski definition) is 3. The molecule has 86 valence electrons. The van der Waals surface area contributed by atoms with E-state index in [9.17, 15) is 4.79 Å². The molecule has 1 aromatic heterocycles. The van der Waals surface area contributed by atoms with Gasteiger partial charge in [0.25, 0.3) is 5.56 Å². The van der Waals surface area contributed by atoms with Crippen molar-refractivity contribution in [2.24, 2.45) is 0 Å². The van der Waals surface area contributed by atoms with Crippen LogP contribution in [0.5, 0.6) is 0 Å². The lowest BCUT2D eigenvalue weighted by Gasteiger charge is -2.14. The SMILES string of the molecule is C#CCC(C)Nc1nccn(C(C)C)c1=O. The maximum absolute atomic E-state index is 11.9. The number of hydrogen-bond donors (Lipinski definition) is 1. The molecule has 0 spiro atoms. The molecule has 0 aliphatic rings. The van der Waals surface area contributed by atoms with Gasteiger partial charge in [-0.05, 0) is 20.8 Å². The Kier molecular flexibility index (Phi) is 4.12. The van der Waals surface area contributed by atoms with E-state index in [1.54, 1.807) is 17.0 Å². The van der Waals surface area contributed by atoms with E-state index in [0.717, 1.165) is 0 Å². The largest absolute Gasteiger partial charge is 0.362 e. The summed E-state index contributed by atoms with van der Waals surface area (Å²) >= 11 is 0. The maximum Gasteiger partial charge on any atom is 0.293 e. The van der Waals surface area contributed by atoms with Gasteiger partial charge in [-0.2, -0.15) is 0 Å². The topological polar surface area (TPSA) is 46.9 Å². The van der Waals surface area contributed by atoms with E-state index < -0.39 is 0 Å². The summed E-state index contributed by atoms with van der Waals surface area (Å²) in [5, 5.41) is 3.02. The third-order valence-electron chi connectivity index (χ3n) is 2.23. The Bertz CT molecular complexity index is 442. The lowest BCUT2D eigenvalue weighted by Crippen LogP contribution is -2.28. The average molecular weight is 219 g/mol. The highest BCUT2D eigenvalue weighted by Gasteiger charge is 2.08. The van der Waals surface area contributed by atoms with Crippen LogP contribution in [-0.4, -0.2) is 15.6 Å². The molecule has 0 saturated heterocycles. The zero-order chi connectivity index (χ0) is 12.1. The number of nitrogens with one attached hydrogen (secondary N) is 1. The molecule has 0 saturated carbocycles. The molecule has 1 unspecified atom stereocenters. The van der Waals surface area contributed by atoms with E-state index >= 15 is 0 Å². The predicted molar refractivity (Wildman–Crippen MR) is 65.4 cm³/mol. The Balaban J connectivity index is 2.94. The number of rotatable bonds is 4. The zero-order valence-corrected chi connectivity index (χ0v) is 9.90. The first kappa shape index (κ1) is 12.3. The minimum absolute atomic E-state index is 0.0493. The van der Waals surface area contributed by atoms with Gasteiger partial charge in [0.15, 0.2) is 5.82 Å². The molecule has 1 rings (SSSR count). The number of anilines is 1. The second-order valence-electron chi connectivity index (χ2n) is 4.04. The summed E-state index contributed by atoms with van der Waals surface area (Å²) in [5.74, 6) is 2.91. The number of aromatic nitrogens is 2. The van der Waals surface area contributed by atoms with E-state index in [1.807, 2.05) is 20.8 Å². The minimum atomic E-state index is -0.110. The van der Waals surface area contributed by atoms with Crippen LogP contribution in [-0.2, 0) is 0 Å². The van der Waals surface area contributed by atoms with Crippen LogP contribution in [0.1, 0.15) is 33.2 Å². The molecule has 0 fully saturated rings. The normalized spacial score (nSPS) is 12.2. The Morgan fingerprint density at radius 1 is 1.56 bits per heavy atom. The van der Waals surface area contributed by atoms with Crippen molar-refractivity contribution < 1.29 is 0 Å². The van der Waals surface area contributed by atoms with Crippen LogP contribution in [0.4, 0.5) is 5.82 Å². The molecule has 0 aromatic carbocycles. The van der Waals surface area contributed by atoms with E-state index in [2.05, 4.69) is 16.2 Å². The molecule has 0 radical (unpaired) electrons. The molecule has 0 aliphatic carbocycles. The highest BCUT2D eigenvalue weighted by Crippen LogP contribution is 2.03. The van der Waals surface area contributed by atoms with E-state index in [-0.39, 0.29) is 17.6 Å². The summed E-state index contributed by atoms with van der Waals surface area (Å²) in [4.78, 5) is 16.0. The lowest BCUT2D eigenvalue weighted by molar-refractivity contribution is 0.574. The maximum atomic E-state index is 11.9. The van der Waals surface area contributed by atoms with Crippen molar-refractivity contribution in [1.82, 2.24) is 9.55 Å². The minimum Gasteiger partial charge on any atom is -0.362 e. The van der Waals surface area contributed by atoms with Crippen molar-refractivity contribution in [3.8, 4) is 12.3 Å². The molecular weight excluding hydrogens is 202 g/mol. The number of terminal acetylenes is 1. The second-order valence-corrected chi connectivity index (χ2v) is 4.04. The summed E-state index contributed by atoms with van der Waals surface area (Å²) in [7, 11) is 0. The van der Waals surface area contributed by atoms with Crippen LogP contribution in [0.15, 0.2) is 17.2 Å². The summed E-state index contributed by atoms with van der Waals surface area (Å²) in [6.45, 7) is 5.83. The van der Waals surface area contributed by atoms with E-state index in [4.69, 9.17) is 6.42 Å². The van der Waals surface area contributed by atoms with Gasteiger partial charge < -0.3 is 9.88 Å². The average Bonchev–Trinajstić information content (AvgIpc) is 2.21. The Morgan fingerprint density at radius 2 is 2.25 bits per heavy atom. The quantitative estimate of drug-likeness (QED) is 0.783. The zero-order valence-electron chi connectivity index (χ0n) is 9.90.